The van der Waals surface area contributed by atoms with Gasteiger partial charge in [-0.3, -0.25) is 0 Å². The molecule has 0 atom stereocenters. The lowest BCUT2D eigenvalue weighted by Crippen LogP contribution is -2.29. The lowest BCUT2D eigenvalue weighted by atomic mass is 9.65. The van der Waals surface area contributed by atoms with Crippen LogP contribution in [-0.2, 0) is 19.3 Å². The molecular weight excluding hydrogens is 673 g/mol. The third-order valence-corrected chi connectivity index (χ3v) is 15.6. The first-order chi connectivity index (χ1) is 27.3. The van der Waals surface area contributed by atoms with Crippen molar-refractivity contribution in [2.24, 2.45) is 41.4 Å². The molecule has 300 valence electrons. The lowest BCUT2D eigenvalue weighted by molar-refractivity contribution is 0.105. The second kappa shape index (κ2) is 20.5. The van der Waals surface area contributed by atoms with Gasteiger partial charge in [0.2, 0.25) is 0 Å². The fourth-order valence-corrected chi connectivity index (χ4v) is 11.4. The second-order valence-electron chi connectivity index (χ2n) is 19.8. The summed E-state index contributed by atoms with van der Waals surface area (Å²) in [4.78, 5) is 0. The summed E-state index contributed by atoms with van der Waals surface area (Å²) in [6, 6.07) is 36.6. The van der Waals surface area contributed by atoms with Crippen LogP contribution in [0.4, 0.5) is 0 Å². The molecule has 0 N–H and O–H groups in total. The predicted molar refractivity (Wildman–Crippen MR) is 242 cm³/mol. The third-order valence-electron chi connectivity index (χ3n) is 15.6. The van der Waals surface area contributed by atoms with Crippen LogP contribution in [0.2, 0.25) is 0 Å². The van der Waals surface area contributed by atoms with Crippen LogP contribution < -0.4 is 0 Å². The summed E-state index contributed by atoms with van der Waals surface area (Å²) in [5, 5.41) is 0. The predicted octanol–water partition coefficient (Wildman–Crippen LogP) is 16.1. The zero-order valence-corrected chi connectivity index (χ0v) is 36.0. The Bertz CT molecular complexity index is 1680. The largest absolute Gasteiger partial charge is 0.0625 e. The Morgan fingerprint density at radius 1 is 0.357 bits per heavy atom. The molecule has 0 spiro atoms. The van der Waals surface area contributed by atoms with Crippen LogP contribution in [0, 0.1) is 55.3 Å². The molecule has 0 aliphatic heterocycles. The molecule has 4 fully saturated rings. The van der Waals surface area contributed by atoms with Crippen molar-refractivity contribution in [3.05, 3.63) is 130 Å². The molecular formula is C56H76. The molecule has 0 heteroatoms. The van der Waals surface area contributed by atoms with Gasteiger partial charge in [-0.2, -0.15) is 0 Å². The molecule has 4 aliphatic rings. The van der Waals surface area contributed by atoms with E-state index in [2.05, 4.69) is 125 Å². The minimum absolute atomic E-state index is 0.791. The summed E-state index contributed by atoms with van der Waals surface area (Å²) in [6.45, 7) is 9.18. The first-order valence-electron chi connectivity index (χ1n) is 23.6. The molecule has 4 aromatic rings. The summed E-state index contributed by atoms with van der Waals surface area (Å²) in [6.07, 6.45) is 28.9. The molecule has 8 rings (SSSR count). The van der Waals surface area contributed by atoms with Crippen LogP contribution in [0.15, 0.2) is 97.1 Å². The van der Waals surface area contributed by atoms with Crippen molar-refractivity contribution in [3.8, 4) is 11.1 Å². The quantitative estimate of drug-likeness (QED) is 0.151. The minimum Gasteiger partial charge on any atom is -0.0625 e. The maximum atomic E-state index is 2.46. The van der Waals surface area contributed by atoms with Gasteiger partial charge in [0.05, 0.1) is 0 Å². The van der Waals surface area contributed by atoms with Crippen molar-refractivity contribution in [2.75, 3.05) is 0 Å². The summed E-state index contributed by atoms with van der Waals surface area (Å²) in [5.74, 6) is 8.06. The number of rotatable bonds is 10. The highest BCUT2D eigenvalue weighted by molar-refractivity contribution is 5.63. The van der Waals surface area contributed by atoms with E-state index in [1.165, 1.54) is 110 Å². The van der Waals surface area contributed by atoms with Gasteiger partial charge in [0, 0.05) is 0 Å². The normalized spacial score (nSPS) is 28.2. The maximum Gasteiger partial charge on any atom is -0.0162 e. The van der Waals surface area contributed by atoms with Crippen molar-refractivity contribution in [1.82, 2.24) is 0 Å². The minimum atomic E-state index is 0.791. The standard InChI is InChI=1S/C28H32.C28H44/c1-21-3-13-25(14-4-21)27-17-9-23(10-18-27)7-8-24-11-19-28(20-12-24)26-15-5-22(2)6-16-26;1-21-3-7-23(8-4-21)9-10-24-11-15-26(16-12-24)28-19-17-27(18-20-28)25-13-5-22(2)6-14-25/h3-4,9-14,17-20,22,26H,5-8,15-16H2,1-2H3;3-4,7-8,22,24-28H,5-6,9-20H2,1-2H3. The van der Waals surface area contributed by atoms with Gasteiger partial charge in [-0.05, 0) is 184 Å². The molecule has 0 unspecified atom stereocenters. The first kappa shape index (κ1) is 41.1. The van der Waals surface area contributed by atoms with Gasteiger partial charge in [0.15, 0.2) is 0 Å². The molecule has 0 amide bonds. The van der Waals surface area contributed by atoms with Crippen LogP contribution in [-0.4, -0.2) is 0 Å². The molecule has 4 saturated carbocycles. The first-order valence-corrected chi connectivity index (χ1v) is 23.6. The Balaban J connectivity index is 0.000000172. The van der Waals surface area contributed by atoms with Gasteiger partial charge in [-0.1, -0.05) is 161 Å². The van der Waals surface area contributed by atoms with Crippen LogP contribution in [0.1, 0.15) is 162 Å². The molecule has 56 heavy (non-hydrogen) atoms. The Labute approximate surface area is 343 Å². The molecule has 0 bridgehead atoms. The Kier molecular flexibility index (Phi) is 15.1. The average molecular weight is 749 g/mol. The Hall–Kier alpha value is -3.12. The van der Waals surface area contributed by atoms with E-state index in [1.807, 2.05) is 0 Å². The maximum absolute atomic E-state index is 2.46. The van der Waals surface area contributed by atoms with Crippen LogP contribution in [0.5, 0.6) is 0 Å². The van der Waals surface area contributed by atoms with E-state index in [9.17, 15) is 0 Å². The van der Waals surface area contributed by atoms with Gasteiger partial charge in [-0.25, -0.2) is 0 Å². The molecule has 0 aromatic heterocycles. The fourth-order valence-electron chi connectivity index (χ4n) is 11.4. The highest BCUT2D eigenvalue weighted by atomic mass is 14.4. The fraction of sp³-hybridized carbons (Fsp3) is 0.571. The van der Waals surface area contributed by atoms with E-state index in [-0.39, 0.29) is 0 Å². The second-order valence-corrected chi connectivity index (χ2v) is 19.8. The van der Waals surface area contributed by atoms with Crippen molar-refractivity contribution in [1.29, 1.82) is 0 Å². The van der Waals surface area contributed by atoms with E-state index in [0.717, 1.165) is 60.2 Å². The molecule has 0 nitrogen and oxygen atoms in total. The monoisotopic (exact) mass is 749 g/mol. The number of benzene rings is 4. The summed E-state index contributed by atoms with van der Waals surface area (Å²) in [7, 11) is 0. The van der Waals surface area contributed by atoms with Gasteiger partial charge in [0.1, 0.15) is 0 Å². The highest BCUT2D eigenvalue weighted by Crippen LogP contribution is 2.46. The number of hydrogen-bond donors (Lipinski definition) is 0. The van der Waals surface area contributed by atoms with E-state index in [4.69, 9.17) is 0 Å². The smallest absolute Gasteiger partial charge is 0.0162 e. The van der Waals surface area contributed by atoms with Gasteiger partial charge in [0.25, 0.3) is 0 Å². The van der Waals surface area contributed by atoms with E-state index >= 15 is 0 Å². The highest BCUT2D eigenvalue weighted by Gasteiger charge is 2.34. The zero-order valence-electron chi connectivity index (χ0n) is 36.0. The van der Waals surface area contributed by atoms with Crippen molar-refractivity contribution in [3.63, 3.8) is 0 Å². The molecule has 0 saturated heterocycles. The van der Waals surface area contributed by atoms with Crippen LogP contribution >= 0.6 is 0 Å². The Morgan fingerprint density at radius 2 is 0.696 bits per heavy atom. The number of hydrogen-bond acceptors (Lipinski definition) is 0. The lowest BCUT2D eigenvalue weighted by Gasteiger charge is -2.41. The molecule has 0 heterocycles. The van der Waals surface area contributed by atoms with E-state index in [1.54, 1.807) is 49.7 Å². The zero-order chi connectivity index (χ0) is 38.7. The van der Waals surface area contributed by atoms with Crippen LogP contribution in [0.25, 0.3) is 11.1 Å². The average Bonchev–Trinajstić information content (AvgIpc) is 3.24. The molecule has 4 aliphatic carbocycles. The summed E-state index contributed by atoms with van der Waals surface area (Å²) < 4.78 is 0. The topological polar surface area (TPSA) is 0 Å². The summed E-state index contributed by atoms with van der Waals surface area (Å²) >= 11 is 0. The van der Waals surface area contributed by atoms with Crippen molar-refractivity contribution < 1.29 is 0 Å². The third kappa shape index (κ3) is 12.0. The SMILES string of the molecule is Cc1ccc(-c2ccc(CCc3ccc(C4CCC(C)CC4)cc3)cc2)cc1.Cc1ccc(CCC2CCC(C3CCC(C4CCC(C)CC4)CC3)CC2)cc1. The van der Waals surface area contributed by atoms with E-state index < -0.39 is 0 Å². The van der Waals surface area contributed by atoms with Gasteiger partial charge >= 0.3 is 0 Å². The molecule has 0 radical (unpaired) electrons. The number of aryl methyl sites for hydroxylation is 5. The van der Waals surface area contributed by atoms with Gasteiger partial charge < -0.3 is 0 Å². The molecule has 4 aromatic carbocycles. The van der Waals surface area contributed by atoms with Gasteiger partial charge in [-0.15, -0.1) is 0 Å². The summed E-state index contributed by atoms with van der Waals surface area (Å²) in [5.41, 5.74) is 11.3. The van der Waals surface area contributed by atoms with Crippen LogP contribution in [0.3, 0.4) is 0 Å². The van der Waals surface area contributed by atoms with Crippen molar-refractivity contribution >= 4 is 0 Å². The van der Waals surface area contributed by atoms with Crippen molar-refractivity contribution in [2.45, 2.75) is 162 Å². The van der Waals surface area contributed by atoms with E-state index in [0.29, 0.717) is 0 Å². The Morgan fingerprint density at radius 3 is 1.18 bits per heavy atom.